The Morgan fingerprint density at radius 3 is 2.53 bits per heavy atom. The molecule has 0 aromatic carbocycles. The fraction of sp³-hybridized carbons (Fsp3) is 0.769. The number of nitrogens with two attached hydrogens (primary N) is 1. The zero-order valence-corrected chi connectivity index (χ0v) is 12.4. The first kappa shape index (κ1) is 14.6. The summed E-state index contributed by atoms with van der Waals surface area (Å²) in [5, 5.41) is 3.35. The van der Waals surface area contributed by atoms with E-state index in [-0.39, 0.29) is 5.41 Å². The Morgan fingerprint density at radius 1 is 1.47 bits per heavy atom. The van der Waals surface area contributed by atoms with Crippen LogP contribution in [0.1, 0.15) is 51.7 Å². The van der Waals surface area contributed by atoms with Crippen LogP contribution in [0.5, 0.6) is 0 Å². The third kappa shape index (κ3) is 4.05. The second kappa shape index (κ2) is 5.94. The molecule has 3 N–H and O–H groups in total. The van der Waals surface area contributed by atoms with Crippen molar-refractivity contribution in [2.75, 3.05) is 0 Å². The van der Waals surface area contributed by atoms with Gasteiger partial charge in [0.25, 0.3) is 0 Å². The van der Waals surface area contributed by atoms with Crippen molar-refractivity contribution in [1.82, 2.24) is 10.4 Å². The highest BCUT2D eigenvalue weighted by atomic mass is 32.1. The third-order valence-corrected chi connectivity index (χ3v) is 4.13. The van der Waals surface area contributed by atoms with Gasteiger partial charge in [0, 0.05) is 23.3 Å². The van der Waals surface area contributed by atoms with Gasteiger partial charge in [-0.05, 0) is 5.92 Å². The summed E-state index contributed by atoms with van der Waals surface area (Å²) >= 11 is 1.74. The molecule has 0 radical (unpaired) electrons. The molecule has 17 heavy (non-hydrogen) atoms. The summed E-state index contributed by atoms with van der Waals surface area (Å²) < 4.78 is 0. The standard InChI is InChI=1S/C13H25N3S/c1-6-9(2)10(16-14)7-12-15-11(8-17-12)13(3,4)5/h8-10,16H,6-7,14H2,1-5H3. The first-order chi connectivity index (χ1) is 7.88. The highest BCUT2D eigenvalue weighted by Gasteiger charge is 2.20. The first-order valence-electron chi connectivity index (χ1n) is 6.29. The summed E-state index contributed by atoms with van der Waals surface area (Å²) in [4.78, 5) is 4.71. The maximum Gasteiger partial charge on any atom is 0.0944 e. The number of aromatic nitrogens is 1. The van der Waals surface area contributed by atoms with Crippen LogP contribution in [-0.2, 0) is 11.8 Å². The van der Waals surface area contributed by atoms with Gasteiger partial charge in [0.2, 0.25) is 0 Å². The minimum absolute atomic E-state index is 0.136. The Bertz CT molecular complexity index is 341. The molecule has 0 spiro atoms. The second-order valence-corrected chi connectivity index (χ2v) is 6.68. The van der Waals surface area contributed by atoms with Crippen molar-refractivity contribution in [1.29, 1.82) is 0 Å². The summed E-state index contributed by atoms with van der Waals surface area (Å²) in [5.74, 6) is 6.19. The van der Waals surface area contributed by atoms with Crippen LogP contribution in [-0.4, -0.2) is 11.0 Å². The maximum absolute atomic E-state index is 5.62. The molecular weight excluding hydrogens is 230 g/mol. The van der Waals surface area contributed by atoms with Crippen molar-refractivity contribution in [3.8, 4) is 0 Å². The molecular formula is C13H25N3S. The first-order valence-corrected chi connectivity index (χ1v) is 7.17. The predicted molar refractivity (Wildman–Crippen MR) is 75.1 cm³/mol. The van der Waals surface area contributed by atoms with E-state index in [1.54, 1.807) is 11.3 Å². The molecule has 0 aliphatic rings. The SMILES string of the molecule is CCC(C)C(Cc1nc(C(C)(C)C)cs1)NN. The van der Waals surface area contributed by atoms with Crippen molar-refractivity contribution in [2.45, 2.75) is 58.9 Å². The Labute approximate surface area is 109 Å². The number of nitrogens with zero attached hydrogens (tertiary/aromatic N) is 1. The average molecular weight is 255 g/mol. The molecule has 0 bridgehead atoms. The molecule has 2 unspecified atom stereocenters. The van der Waals surface area contributed by atoms with E-state index in [2.05, 4.69) is 45.4 Å². The monoisotopic (exact) mass is 255 g/mol. The van der Waals surface area contributed by atoms with Crippen molar-refractivity contribution < 1.29 is 0 Å². The number of rotatable bonds is 5. The molecule has 1 rings (SSSR count). The molecule has 1 heterocycles. The number of thiazole rings is 1. The highest BCUT2D eigenvalue weighted by Crippen LogP contribution is 2.25. The molecule has 4 heteroatoms. The molecule has 98 valence electrons. The van der Waals surface area contributed by atoms with Gasteiger partial charge in [0.05, 0.1) is 10.7 Å². The molecule has 3 nitrogen and oxygen atoms in total. The van der Waals surface area contributed by atoms with Gasteiger partial charge in [-0.25, -0.2) is 4.98 Å². The lowest BCUT2D eigenvalue weighted by molar-refractivity contribution is 0.369. The van der Waals surface area contributed by atoms with Crippen LogP contribution < -0.4 is 11.3 Å². The number of hydrogen-bond acceptors (Lipinski definition) is 4. The normalized spacial score (nSPS) is 15.9. The van der Waals surface area contributed by atoms with E-state index >= 15 is 0 Å². The quantitative estimate of drug-likeness (QED) is 0.628. The van der Waals surface area contributed by atoms with Gasteiger partial charge >= 0.3 is 0 Å². The van der Waals surface area contributed by atoms with Gasteiger partial charge in [0.15, 0.2) is 0 Å². The molecule has 0 saturated heterocycles. The lowest BCUT2D eigenvalue weighted by atomic mass is 9.93. The van der Waals surface area contributed by atoms with Gasteiger partial charge in [0.1, 0.15) is 0 Å². The molecule has 0 fully saturated rings. The highest BCUT2D eigenvalue weighted by molar-refractivity contribution is 7.09. The average Bonchev–Trinajstić information content (AvgIpc) is 2.73. The van der Waals surface area contributed by atoms with Gasteiger partial charge in [-0.2, -0.15) is 0 Å². The molecule has 0 aliphatic carbocycles. The summed E-state index contributed by atoms with van der Waals surface area (Å²) in [5.41, 5.74) is 4.23. The van der Waals surface area contributed by atoms with E-state index in [1.165, 1.54) is 10.7 Å². The molecule has 0 aliphatic heterocycles. The zero-order chi connectivity index (χ0) is 13.1. The number of hydrazine groups is 1. The fourth-order valence-corrected chi connectivity index (χ4v) is 2.73. The second-order valence-electron chi connectivity index (χ2n) is 5.74. The number of hydrogen-bond donors (Lipinski definition) is 2. The Hall–Kier alpha value is -0.450. The molecule has 1 aromatic heterocycles. The summed E-state index contributed by atoms with van der Waals surface area (Å²) in [6.45, 7) is 11.0. The van der Waals surface area contributed by atoms with Gasteiger partial charge in [-0.1, -0.05) is 41.0 Å². The minimum Gasteiger partial charge on any atom is -0.271 e. The van der Waals surface area contributed by atoms with Crippen LogP contribution in [0, 0.1) is 5.92 Å². The number of nitrogens with one attached hydrogen (secondary N) is 1. The van der Waals surface area contributed by atoms with Crippen LogP contribution in [0.2, 0.25) is 0 Å². The lowest BCUT2D eigenvalue weighted by Crippen LogP contribution is -2.41. The maximum atomic E-state index is 5.62. The third-order valence-electron chi connectivity index (χ3n) is 3.26. The van der Waals surface area contributed by atoms with Crippen molar-refractivity contribution in [3.05, 3.63) is 16.1 Å². The molecule has 1 aromatic rings. The van der Waals surface area contributed by atoms with Crippen molar-refractivity contribution in [2.24, 2.45) is 11.8 Å². The Kier molecular flexibility index (Phi) is 5.10. The van der Waals surface area contributed by atoms with E-state index in [0.717, 1.165) is 12.8 Å². The summed E-state index contributed by atoms with van der Waals surface area (Å²) in [6, 6.07) is 0.318. The largest absolute Gasteiger partial charge is 0.271 e. The van der Waals surface area contributed by atoms with Crippen LogP contribution in [0.15, 0.2) is 5.38 Å². The Morgan fingerprint density at radius 2 is 2.12 bits per heavy atom. The summed E-state index contributed by atoms with van der Waals surface area (Å²) in [7, 11) is 0. The lowest BCUT2D eigenvalue weighted by Gasteiger charge is -2.21. The smallest absolute Gasteiger partial charge is 0.0944 e. The Balaban J connectivity index is 2.71. The van der Waals surface area contributed by atoms with Crippen LogP contribution in [0.3, 0.4) is 0 Å². The molecule has 0 saturated carbocycles. The van der Waals surface area contributed by atoms with Crippen molar-refractivity contribution >= 4 is 11.3 Å². The van der Waals surface area contributed by atoms with Crippen LogP contribution in [0.25, 0.3) is 0 Å². The van der Waals surface area contributed by atoms with Crippen LogP contribution >= 0.6 is 11.3 Å². The summed E-state index contributed by atoms with van der Waals surface area (Å²) in [6.07, 6.45) is 2.05. The van der Waals surface area contributed by atoms with E-state index in [0.29, 0.717) is 12.0 Å². The van der Waals surface area contributed by atoms with Gasteiger partial charge in [-0.3, -0.25) is 11.3 Å². The predicted octanol–water partition coefficient (Wildman–Crippen LogP) is 2.86. The van der Waals surface area contributed by atoms with Crippen molar-refractivity contribution in [3.63, 3.8) is 0 Å². The molecule has 0 amide bonds. The minimum atomic E-state index is 0.136. The van der Waals surface area contributed by atoms with E-state index in [4.69, 9.17) is 10.8 Å². The van der Waals surface area contributed by atoms with E-state index < -0.39 is 0 Å². The van der Waals surface area contributed by atoms with Crippen LogP contribution in [0.4, 0.5) is 0 Å². The zero-order valence-electron chi connectivity index (χ0n) is 11.6. The van der Waals surface area contributed by atoms with Gasteiger partial charge in [-0.15, -0.1) is 11.3 Å². The topological polar surface area (TPSA) is 50.9 Å². The van der Waals surface area contributed by atoms with E-state index in [1.807, 2.05) is 0 Å². The molecule has 2 atom stereocenters. The van der Waals surface area contributed by atoms with Gasteiger partial charge < -0.3 is 0 Å². The van der Waals surface area contributed by atoms with E-state index in [9.17, 15) is 0 Å². The fourth-order valence-electron chi connectivity index (χ4n) is 1.65.